The van der Waals surface area contributed by atoms with Crippen molar-refractivity contribution in [1.29, 1.82) is 0 Å². The Balaban J connectivity index is 2.46. The molecule has 0 aromatic carbocycles. The third-order valence-electron chi connectivity index (χ3n) is 5.96. The maximum absolute atomic E-state index is 12.7. The molecule has 0 aliphatic carbocycles. The lowest BCUT2D eigenvalue weighted by Crippen LogP contribution is -2.49. The van der Waals surface area contributed by atoms with Crippen LogP contribution >= 0.6 is 7.60 Å². The van der Waals surface area contributed by atoms with Crippen molar-refractivity contribution in [1.82, 2.24) is 9.13 Å². The summed E-state index contributed by atoms with van der Waals surface area (Å²) >= 11 is 0. The van der Waals surface area contributed by atoms with E-state index < -0.39 is 54.2 Å². The van der Waals surface area contributed by atoms with E-state index in [1.165, 1.54) is 41.1 Å². The molecule has 7 atom stereocenters. The van der Waals surface area contributed by atoms with Gasteiger partial charge in [0, 0.05) is 20.3 Å². The Bertz CT molecular complexity index is 956. The van der Waals surface area contributed by atoms with Crippen LogP contribution in [0.2, 0.25) is 0 Å². The van der Waals surface area contributed by atoms with Crippen LogP contribution in [-0.4, -0.2) is 58.6 Å². The molecule has 0 amide bonds. The molecule has 1 fully saturated rings. The molecule has 4 N–H and O–H groups in total. The quantitative estimate of drug-likeness (QED) is 0.410. The van der Waals surface area contributed by atoms with Crippen molar-refractivity contribution in [2.45, 2.75) is 75.9 Å². The molecule has 1 aliphatic heterocycles. The van der Waals surface area contributed by atoms with Crippen LogP contribution in [-0.2, 0) is 27.9 Å². The number of aryl methyl sites for hydroxylation is 1. The number of hydrogen-bond donors (Lipinski definition) is 4. The molecule has 172 valence electrons. The normalized spacial score (nSPS) is 30.5. The van der Waals surface area contributed by atoms with Crippen molar-refractivity contribution < 1.29 is 34.0 Å². The van der Waals surface area contributed by atoms with E-state index in [0.717, 1.165) is 9.13 Å². The zero-order chi connectivity index (χ0) is 23.2. The third-order valence-corrected chi connectivity index (χ3v) is 8.16. The van der Waals surface area contributed by atoms with Crippen molar-refractivity contribution in [2.75, 3.05) is 0 Å². The summed E-state index contributed by atoms with van der Waals surface area (Å²) in [6.07, 6.45) is -4.46. The van der Waals surface area contributed by atoms with Crippen LogP contribution in [0.5, 0.6) is 0 Å². The second-order valence-electron chi connectivity index (χ2n) is 8.15. The summed E-state index contributed by atoms with van der Waals surface area (Å²) in [6, 6.07) is 0. The van der Waals surface area contributed by atoms with Gasteiger partial charge in [-0.2, -0.15) is 0 Å². The SMILES string of the molecule is CCC(C)(OP(=O)(O)C(C)(O)CC)[C@H]1O[C@@H](c2cn(C)c(=O)n(C)c2=O)[C@H](O)[C@@H]1O. The smallest absolute Gasteiger partial charge is 0.359 e. The van der Waals surface area contributed by atoms with E-state index in [4.69, 9.17) is 9.26 Å². The molecule has 11 nitrogen and oxygen atoms in total. The van der Waals surface area contributed by atoms with Crippen LogP contribution in [0.4, 0.5) is 0 Å². The first-order valence-corrected chi connectivity index (χ1v) is 11.3. The van der Waals surface area contributed by atoms with Crippen molar-refractivity contribution in [2.24, 2.45) is 14.1 Å². The number of rotatable bonds is 7. The van der Waals surface area contributed by atoms with Crippen LogP contribution < -0.4 is 11.2 Å². The highest BCUT2D eigenvalue weighted by Gasteiger charge is 2.56. The number of hydrogen-bond acceptors (Lipinski definition) is 8. The Morgan fingerprint density at radius 2 is 1.73 bits per heavy atom. The highest BCUT2D eigenvalue weighted by Crippen LogP contribution is 2.59. The lowest BCUT2D eigenvalue weighted by atomic mass is 9.90. The summed E-state index contributed by atoms with van der Waals surface area (Å²) < 4.78 is 25.9. The molecule has 12 heteroatoms. The van der Waals surface area contributed by atoms with Crippen LogP contribution in [0.25, 0.3) is 0 Å². The summed E-state index contributed by atoms with van der Waals surface area (Å²) in [4.78, 5) is 34.8. The molecular weight excluding hydrogens is 419 g/mol. The van der Waals surface area contributed by atoms with Gasteiger partial charge in [-0.15, -0.1) is 0 Å². The predicted octanol–water partition coefficient (Wildman–Crippen LogP) is -0.265. The largest absolute Gasteiger partial charge is 0.387 e. The second kappa shape index (κ2) is 8.31. The Morgan fingerprint density at radius 3 is 2.23 bits per heavy atom. The van der Waals surface area contributed by atoms with Gasteiger partial charge in [0.1, 0.15) is 30.0 Å². The molecule has 2 heterocycles. The summed E-state index contributed by atoms with van der Waals surface area (Å²) in [5.41, 5.74) is -2.90. The maximum atomic E-state index is 12.7. The topological polar surface area (TPSA) is 160 Å². The van der Waals surface area contributed by atoms with Gasteiger partial charge >= 0.3 is 13.3 Å². The molecule has 0 bridgehead atoms. The standard InChI is InChI=1S/C18H31N2O9P/c1-7-17(3,29-30(26,27)18(4,25)8-2)14-12(22)11(21)13(28-14)10-9-19(5)16(24)20(6)15(10)23/h9,11-14,21-22,25H,7-8H2,1-6H3,(H,26,27)/t11-,12+,13+,14+,17?,18?/m1/s1. The Morgan fingerprint density at radius 1 is 1.17 bits per heavy atom. The average Bonchev–Trinajstić information content (AvgIpc) is 2.98. The lowest BCUT2D eigenvalue weighted by Gasteiger charge is -2.40. The van der Waals surface area contributed by atoms with Crippen LogP contribution in [0.1, 0.15) is 52.2 Å². The van der Waals surface area contributed by atoms with Crippen LogP contribution in [0.15, 0.2) is 15.8 Å². The van der Waals surface area contributed by atoms with Gasteiger partial charge in [0.25, 0.3) is 5.56 Å². The molecule has 3 unspecified atom stereocenters. The van der Waals surface area contributed by atoms with Crippen molar-refractivity contribution in [3.63, 3.8) is 0 Å². The highest BCUT2D eigenvalue weighted by molar-refractivity contribution is 7.54. The van der Waals surface area contributed by atoms with Gasteiger partial charge in [-0.3, -0.25) is 18.5 Å². The molecule has 1 aromatic rings. The van der Waals surface area contributed by atoms with Crippen LogP contribution in [0.3, 0.4) is 0 Å². The fourth-order valence-corrected chi connectivity index (χ4v) is 4.76. The summed E-state index contributed by atoms with van der Waals surface area (Å²) in [6.45, 7) is 5.73. The Kier molecular flexibility index (Phi) is 6.91. The van der Waals surface area contributed by atoms with E-state index in [9.17, 15) is 34.4 Å². The Labute approximate surface area is 174 Å². The zero-order valence-corrected chi connectivity index (χ0v) is 18.9. The number of ether oxygens (including phenoxy) is 1. The molecule has 1 aromatic heterocycles. The fraction of sp³-hybridized carbons (Fsp3) is 0.778. The predicted molar refractivity (Wildman–Crippen MR) is 107 cm³/mol. The second-order valence-corrected chi connectivity index (χ2v) is 10.3. The molecule has 2 rings (SSSR count). The first-order chi connectivity index (χ1) is 13.6. The molecular formula is C18H31N2O9P. The average molecular weight is 450 g/mol. The van der Waals surface area contributed by atoms with E-state index in [1.54, 1.807) is 6.92 Å². The lowest BCUT2D eigenvalue weighted by molar-refractivity contribution is -0.116. The zero-order valence-electron chi connectivity index (χ0n) is 18.0. The number of aromatic nitrogens is 2. The molecule has 1 aliphatic rings. The Hall–Kier alpha value is -1.33. The van der Waals surface area contributed by atoms with E-state index in [-0.39, 0.29) is 18.4 Å². The van der Waals surface area contributed by atoms with E-state index in [1.807, 2.05) is 0 Å². The molecule has 30 heavy (non-hydrogen) atoms. The van der Waals surface area contributed by atoms with Gasteiger partial charge in [0.15, 0.2) is 5.34 Å². The first kappa shape index (κ1) is 24.9. The van der Waals surface area contributed by atoms with Gasteiger partial charge < -0.3 is 29.5 Å². The number of aliphatic hydroxyl groups is 3. The molecule has 1 saturated heterocycles. The first-order valence-electron chi connectivity index (χ1n) is 9.67. The molecule has 0 radical (unpaired) electrons. The third kappa shape index (κ3) is 4.08. The highest BCUT2D eigenvalue weighted by atomic mass is 31.2. The maximum Gasteiger partial charge on any atom is 0.359 e. The summed E-state index contributed by atoms with van der Waals surface area (Å²) in [5.74, 6) is 0. The minimum absolute atomic E-state index is 0.0557. The van der Waals surface area contributed by atoms with Crippen LogP contribution in [0, 0.1) is 0 Å². The number of nitrogens with zero attached hydrogens (tertiary/aromatic N) is 2. The monoisotopic (exact) mass is 450 g/mol. The molecule has 0 saturated carbocycles. The van der Waals surface area contributed by atoms with Gasteiger partial charge in [-0.25, -0.2) is 4.79 Å². The minimum atomic E-state index is -4.58. The van der Waals surface area contributed by atoms with Gasteiger partial charge in [-0.1, -0.05) is 13.8 Å². The van der Waals surface area contributed by atoms with Crippen molar-refractivity contribution in [3.05, 3.63) is 32.6 Å². The van der Waals surface area contributed by atoms with Gasteiger partial charge in [-0.05, 0) is 26.7 Å². The van der Waals surface area contributed by atoms with E-state index in [2.05, 4.69) is 0 Å². The van der Waals surface area contributed by atoms with Crippen molar-refractivity contribution >= 4 is 7.60 Å². The minimum Gasteiger partial charge on any atom is -0.387 e. The summed E-state index contributed by atoms with van der Waals surface area (Å²) in [7, 11) is -1.88. The van der Waals surface area contributed by atoms with Gasteiger partial charge in [0.05, 0.1) is 5.56 Å². The van der Waals surface area contributed by atoms with Crippen molar-refractivity contribution in [3.8, 4) is 0 Å². The van der Waals surface area contributed by atoms with E-state index in [0.29, 0.717) is 0 Å². The summed E-state index contributed by atoms with van der Waals surface area (Å²) in [5, 5.41) is 29.4. The molecule has 0 spiro atoms. The number of aliphatic hydroxyl groups excluding tert-OH is 2. The van der Waals surface area contributed by atoms with E-state index >= 15 is 0 Å². The van der Waals surface area contributed by atoms with Gasteiger partial charge in [0.2, 0.25) is 0 Å². The fourth-order valence-electron chi connectivity index (χ4n) is 3.37.